The molecule has 25 heavy (non-hydrogen) atoms. The van der Waals surface area contributed by atoms with Crippen molar-refractivity contribution in [2.75, 3.05) is 0 Å². The zero-order valence-electron chi connectivity index (χ0n) is 14.9. The molecule has 1 aromatic heterocycles. The number of hydrogen-bond acceptors (Lipinski definition) is 1. The normalized spacial score (nSPS) is 15.7. The fourth-order valence-electron chi connectivity index (χ4n) is 4.57. The summed E-state index contributed by atoms with van der Waals surface area (Å²) in [5, 5.41) is 3.68. The molecule has 2 aromatic carbocycles. The van der Waals surface area contributed by atoms with Gasteiger partial charge in [0.25, 0.3) is 0 Å². The molecule has 0 nitrogen and oxygen atoms in total. The Balaban J connectivity index is 1.43. The molecule has 2 aliphatic carbocycles. The van der Waals surface area contributed by atoms with Crippen LogP contribution in [0.4, 0.5) is 0 Å². The molecular formula is C24H22S. The first kappa shape index (κ1) is 15.2. The first-order valence-corrected chi connectivity index (χ1v) is 10.0. The Hall–Kier alpha value is -2.12. The fraction of sp³-hybridized carbons (Fsp3) is 0.250. The van der Waals surface area contributed by atoms with Crippen molar-refractivity contribution < 1.29 is 0 Å². The van der Waals surface area contributed by atoms with E-state index in [4.69, 9.17) is 0 Å². The van der Waals surface area contributed by atoms with Crippen LogP contribution < -0.4 is 0 Å². The summed E-state index contributed by atoms with van der Waals surface area (Å²) in [6.45, 7) is 4.64. The number of hydrogen-bond donors (Lipinski definition) is 0. The van der Waals surface area contributed by atoms with Crippen molar-refractivity contribution >= 4 is 33.1 Å². The number of allylic oxidation sites excluding steroid dienone is 3. The molecule has 0 amide bonds. The summed E-state index contributed by atoms with van der Waals surface area (Å²) in [6, 6.07) is 13.5. The Morgan fingerprint density at radius 1 is 1.00 bits per heavy atom. The number of fused-ring (bicyclic) bond motifs is 3. The second-order valence-electron chi connectivity index (χ2n) is 7.47. The van der Waals surface area contributed by atoms with Gasteiger partial charge in [0.15, 0.2) is 0 Å². The molecule has 0 aliphatic heterocycles. The number of rotatable bonds is 3. The van der Waals surface area contributed by atoms with Gasteiger partial charge < -0.3 is 0 Å². The molecule has 5 rings (SSSR count). The van der Waals surface area contributed by atoms with Crippen LogP contribution in [0.15, 0.2) is 52.9 Å². The van der Waals surface area contributed by atoms with Crippen LogP contribution in [0.2, 0.25) is 0 Å². The lowest BCUT2D eigenvalue weighted by Crippen LogP contribution is -1.91. The van der Waals surface area contributed by atoms with E-state index < -0.39 is 0 Å². The second-order valence-corrected chi connectivity index (χ2v) is 8.42. The van der Waals surface area contributed by atoms with Crippen molar-refractivity contribution in [1.82, 2.24) is 0 Å². The lowest BCUT2D eigenvalue weighted by molar-refractivity contribution is 0.956. The van der Waals surface area contributed by atoms with E-state index >= 15 is 0 Å². The van der Waals surface area contributed by atoms with Crippen molar-refractivity contribution in [1.29, 1.82) is 0 Å². The number of benzene rings is 2. The molecule has 0 saturated heterocycles. The molecule has 0 bridgehead atoms. The maximum absolute atomic E-state index is 2.45. The van der Waals surface area contributed by atoms with Gasteiger partial charge in [0.05, 0.1) is 0 Å². The summed E-state index contributed by atoms with van der Waals surface area (Å²) in [5.41, 5.74) is 12.3. The molecule has 2 aliphatic rings. The zero-order chi connectivity index (χ0) is 17.0. The van der Waals surface area contributed by atoms with Gasteiger partial charge in [-0.2, -0.15) is 0 Å². The fourth-order valence-corrected chi connectivity index (χ4v) is 5.45. The number of aryl methyl sites for hydroxylation is 1. The number of thiophene rings is 1. The first-order chi connectivity index (χ1) is 12.2. The molecule has 0 N–H and O–H groups in total. The summed E-state index contributed by atoms with van der Waals surface area (Å²) in [7, 11) is 0. The van der Waals surface area contributed by atoms with Crippen LogP contribution in [-0.4, -0.2) is 0 Å². The van der Waals surface area contributed by atoms with Crippen molar-refractivity contribution in [3.63, 3.8) is 0 Å². The van der Waals surface area contributed by atoms with Crippen LogP contribution in [0.3, 0.4) is 0 Å². The minimum Gasteiger partial charge on any atom is -0.144 e. The van der Waals surface area contributed by atoms with Gasteiger partial charge in [-0.25, -0.2) is 0 Å². The highest BCUT2D eigenvalue weighted by Crippen LogP contribution is 2.42. The van der Waals surface area contributed by atoms with E-state index in [-0.39, 0.29) is 0 Å². The van der Waals surface area contributed by atoms with E-state index in [1.165, 1.54) is 45.2 Å². The molecule has 0 unspecified atom stereocenters. The Labute approximate surface area is 153 Å². The SMILES string of the molecule is CC1=C(CCC2=Cc3ccccc3C2)c2cc3sccc3c(C)c2C1. The topological polar surface area (TPSA) is 0 Å². The van der Waals surface area contributed by atoms with Gasteiger partial charge >= 0.3 is 0 Å². The second kappa shape index (κ2) is 5.71. The van der Waals surface area contributed by atoms with E-state index in [1.807, 2.05) is 11.3 Å². The highest BCUT2D eigenvalue weighted by Gasteiger charge is 2.23. The predicted octanol–water partition coefficient (Wildman–Crippen LogP) is 6.96. The molecular weight excluding hydrogens is 320 g/mol. The summed E-state index contributed by atoms with van der Waals surface area (Å²) < 4.78 is 1.44. The summed E-state index contributed by atoms with van der Waals surface area (Å²) in [5.74, 6) is 0. The third-order valence-electron chi connectivity index (χ3n) is 5.96. The highest BCUT2D eigenvalue weighted by molar-refractivity contribution is 7.17. The van der Waals surface area contributed by atoms with Crippen molar-refractivity contribution in [3.05, 3.63) is 80.7 Å². The van der Waals surface area contributed by atoms with Crippen LogP contribution in [0, 0.1) is 6.92 Å². The zero-order valence-corrected chi connectivity index (χ0v) is 15.7. The van der Waals surface area contributed by atoms with Gasteiger partial charge in [-0.3, -0.25) is 0 Å². The molecule has 124 valence electrons. The molecule has 0 spiro atoms. The molecule has 1 heterocycles. The third-order valence-corrected chi connectivity index (χ3v) is 6.83. The Kier molecular flexibility index (Phi) is 3.46. The Morgan fingerprint density at radius 3 is 2.76 bits per heavy atom. The highest BCUT2D eigenvalue weighted by atomic mass is 32.1. The average Bonchev–Trinajstić information content (AvgIpc) is 3.30. The van der Waals surface area contributed by atoms with E-state index in [2.05, 4.69) is 61.7 Å². The van der Waals surface area contributed by atoms with Crippen LogP contribution in [0.1, 0.15) is 47.6 Å². The maximum Gasteiger partial charge on any atom is 0.0351 e. The Bertz CT molecular complexity index is 1060. The average molecular weight is 343 g/mol. The molecule has 1 heteroatoms. The van der Waals surface area contributed by atoms with Crippen molar-refractivity contribution in [2.24, 2.45) is 0 Å². The quantitative estimate of drug-likeness (QED) is 0.482. The minimum absolute atomic E-state index is 1.14. The van der Waals surface area contributed by atoms with E-state index in [1.54, 1.807) is 22.3 Å². The van der Waals surface area contributed by atoms with Crippen molar-refractivity contribution in [2.45, 2.75) is 39.5 Å². The smallest absolute Gasteiger partial charge is 0.0351 e. The molecule has 3 aromatic rings. The van der Waals surface area contributed by atoms with E-state index in [0.717, 1.165) is 12.8 Å². The summed E-state index contributed by atoms with van der Waals surface area (Å²) in [6.07, 6.45) is 7.05. The summed E-state index contributed by atoms with van der Waals surface area (Å²) in [4.78, 5) is 0. The monoisotopic (exact) mass is 342 g/mol. The van der Waals surface area contributed by atoms with Gasteiger partial charge in [-0.05, 0) is 95.8 Å². The van der Waals surface area contributed by atoms with Crippen molar-refractivity contribution in [3.8, 4) is 0 Å². The lowest BCUT2D eigenvalue weighted by atomic mass is 9.95. The van der Waals surface area contributed by atoms with Gasteiger partial charge in [0.1, 0.15) is 0 Å². The van der Waals surface area contributed by atoms with E-state index in [9.17, 15) is 0 Å². The lowest BCUT2D eigenvalue weighted by Gasteiger charge is -2.10. The maximum atomic E-state index is 2.45. The van der Waals surface area contributed by atoms with Crippen LogP contribution >= 0.6 is 11.3 Å². The van der Waals surface area contributed by atoms with E-state index in [0.29, 0.717) is 0 Å². The third kappa shape index (κ3) is 2.41. The minimum atomic E-state index is 1.14. The van der Waals surface area contributed by atoms with Crippen LogP contribution in [-0.2, 0) is 12.8 Å². The molecule has 0 radical (unpaired) electrons. The predicted molar refractivity (Wildman–Crippen MR) is 110 cm³/mol. The van der Waals surface area contributed by atoms with Gasteiger partial charge in [-0.1, -0.05) is 41.5 Å². The summed E-state index contributed by atoms with van der Waals surface area (Å²) >= 11 is 1.87. The van der Waals surface area contributed by atoms with Crippen LogP contribution in [0.25, 0.3) is 21.7 Å². The standard InChI is InChI=1S/C24H22S/c1-15-11-22-16(2)21-9-10-25-24(21)14-23(22)20(15)8-7-17-12-18-5-3-4-6-19(18)13-17/h3-6,9-10,12,14H,7-8,11,13H2,1-2H3. The Morgan fingerprint density at radius 2 is 1.88 bits per heavy atom. The van der Waals surface area contributed by atoms with Gasteiger partial charge in [-0.15, -0.1) is 11.3 Å². The molecule has 0 fully saturated rings. The van der Waals surface area contributed by atoms with Gasteiger partial charge in [0, 0.05) is 4.70 Å². The van der Waals surface area contributed by atoms with Crippen LogP contribution in [0.5, 0.6) is 0 Å². The largest absolute Gasteiger partial charge is 0.144 e. The first-order valence-electron chi connectivity index (χ1n) is 9.17. The van der Waals surface area contributed by atoms with Gasteiger partial charge in [0.2, 0.25) is 0 Å². The molecule has 0 saturated carbocycles. The molecule has 0 atom stereocenters.